The zero-order chi connectivity index (χ0) is 15.8. The minimum atomic E-state index is -0.169. The van der Waals surface area contributed by atoms with Crippen LogP contribution >= 0.6 is 0 Å². The third-order valence-electron chi connectivity index (χ3n) is 4.08. The molecule has 1 aliphatic carbocycles. The molecule has 1 aromatic rings. The van der Waals surface area contributed by atoms with Gasteiger partial charge >= 0.3 is 0 Å². The van der Waals surface area contributed by atoms with E-state index in [2.05, 4.69) is 21.8 Å². The molecule has 0 radical (unpaired) electrons. The summed E-state index contributed by atoms with van der Waals surface area (Å²) in [4.78, 5) is 12.0. The molecule has 122 valence electrons. The monoisotopic (exact) mass is 304 g/mol. The van der Waals surface area contributed by atoms with Crippen LogP contribution in [0.15, 0.2) is 24.0 Å². The summed E-state index contributed by atoms with van der Waals surface area (Å²) in [5, 5.41) is 10.5. The first kappa shape index (κ1) is 16.7. The van der Waals surface area contributed by atoms with Gasteiger partial charge in [-0.05, 0) is 51.5 Å². The van der Waals surface area contributed by atoms with Gasteiger partial charge in [0.05, 0.1) is 18.8 Å². The van der Waals surface area contributed by atoms with E-state index in [9.17, 15) is 4.79 Å². The molecule has 1 aromatic heterocycles. The molecule has 2 N–H and O–H groups in total. The van der Waals surface area contributed by atoms with Gasteiger partial charge in [0, 0.05) is 19.3 Å². The molecule has 1 amide bonds. The summed E-state index contributed by atoms with van der Waals surface area (Å²) < 4.78 is 1.89. The van der Waals surface area contributed by atoms with E-state index in [0.29, 0.717) is 0 Å². The predicted molar refractivity (Wildman–Crippen MR) is 88.6 cm³/mol. The minimum Gasteiger partial charge on any atom is -0.354 e. The van der Waals surface area contributed by atoms with E-state index in [-0.39, 0.29) is 11.9 Å². The van der Waals surface area contributed by atoms with Crippen LogP contribution in [0.4, 0.5) is 0 Å². The Balaban J connectivity index is 1.59. The molecule has 1 aliphatic rings. The lowest BCUT2D eigenvalue weighted by Crippen LogP contribution is -2.43. The standard InChI is InChI=1S/C17H28N4O/c1-14-12-20-21(13-14)11-10-18-15(2)17(22)19-9-8-16-6-4-3-5-7-16/h6,12-13,15,18H,3-5,7-11H2,1-2H3,(H,19,22). The van der Waals surface area contributed by atoms with E-state index in [0.717, 1.165) is 31.6 Å². The number of carbonyl (C=O) groups is 1. The molecule has 0 aromatic carbocycles. The second kappa shape index (κ2) is 8.73. The fourth-order valence-corrected chi connectivity index (χ4v) is 2.71. The van der Waals surface area contributed by atoms with Crippen molar-refractivity contribution in [2.75, 3.05) is 13.1 Å². The van der Waals surface area contributed by atoms with Crippen LogP contribution in [-0.2, 0) is 11.3 Å². The first-order valence-corrected chi connectivity index (χ1v) is 8.33. The van der Waals surface area contributed by atoms with Crippen molar-refractivity contribution in [2.45, 2.75) is 58.5 Å². The lowest BCUT2D eigenvalue weighted by atomic mass is 9.97. The van der Waals surface area contributed by atoms with Crippen molar-refractivity contribution in [1.82, 2.24) is 20.4 Å². The van der Waals surface area contributed by atoms with E-state index in [1.54, 1.807) is 0 Å². The molecule has 5 heteroatoms. The molecule has 0 fully saturated rings. The summed E-state index contributed by atoms with van der Waals surface area (Å²) in [6.07, 6.45) is 12.2. The van der Waals surface area contributed by atoms with Crippen molar-refractivity contribution < 1.29 is 4.79 Å². The first-order valence-electron chi connectivity index (χ1n) is 8.33. The van der Waals surface area contributed by atoms with Crippen LogP contribution in [0.2, 0.25) is 0 Å². The maximum Gasteiger partial charge on any atom is 0.236 e. The summed E-state index contributed by atoms with van der Waals surface area (Å²) in [5.41, 5.74) is 2.66. The molecule has 1 atom stereocenters. The van der Waals surface area contributed by atoms with Gasteiger partial charge in [0.15, 0.2) is 0 Å². The highest BCUT2D eigenvalue weighted by Crippen LogP contribution is 2.19. The second-order valence-electron chi connectivity index (χ2n) is 6.11. The number of amides is 1. The van der Waals surface area contributed by atoms with E-state index in [1.807, 2.05) is 30.9 Å². The SMILES string of the molecule is Cc1cnn(CCNC(C)C(=O)NCCC2=CCCCC2)c1. The van der Waals surface area contributed by atoms with E-state index in [1.165, 1.54) is 31.3 Å². The maximum atomic E-state index is 12.0. The fraction of sp³-hybridized carbons (Fsp3) is 0.647. The Morgan fingerprint density at radius 1 is 1.41 bits per heavy atom. The lowest BCUT2D eigenvalue weighted by Gasteiger charge is -2.16. The molecule has 22 heavy (non-hydrogen) atoms. The number of aryl methyl sites for hydroxylation is 1. The number of rotatable bonds is 8. The smallest absolute Gasteiger partial charge is 0.236 e. The van der Waals surface area contributed by atoms with Gasteiger partial charge < -0.3 is 10.6 Å². The summed E-state index contributed by atoms with van der Waals surface area (Å²) in [6.45, 7) is 6.19. The van der Waals surface area contributed by atoms with Gasteiger partial charge in [0.1, 0.15) is 0 Å². The Morgan fingerprint density at radius 3 is 2.95 bits per heavy atom. The van der Waals surface area contributed by atoms with Gasteiger partial charge in [0.2, 0.25) is 5.91 Å². The van der Waals surface area contributed by atoms with Crippen LogP contribution in [-0.4, -0.2) is 34.8 Å². The zero-order valence-electron chi connectivity index (χ0n) is 13.8. The molecule has 1 unspecified atom stereocenters. The van der Waals surface area contributed by atoms with Crippen LogP contribution in [0.3, 0.4) is 0 Å². The lowest BCUT2D eigenvalue weighted by molar-refractivity contribution is -0.122. The number of hydrogen-bond acceptors (Lipinski definition) is 3. The normalized spacial score (nSPS) is 16.2. The van der Waals surface area contributed by atoms with Gasteiger partial charge in [-0.1, -0.05) is 11.6 Å². The Bertz CT molecular complexity index is 507. The first-order chi connectivity index (χ1) is 10.6. The average Bonchev–Trinajstić information content (AvgIpc) is 2.93. The molecule has 0 spiro atoms. The Kier molecular flexibility index (Phi) is 6.65. The second-order valence-corrected chi connectivity index (χ2v) is 6.11. The Morgan fingerprint density at radius 2 is 2.27 bits per heavy atom. The fourth-order valence-electron chi connectivity index (χ4n) is 2.71. The summed E-state index contributed by atoms with van der Waals surface area (Å²) in [7, 11) is 0. The predicted octanol–water partition coefficient (Wildman–Crippen LogP) is 2.18. The molecule has 0 bridgehead atoms. The van der Waals surface area contributed by atoms with Crippen molar-refractivity contribution in [2.24, 2.45) is 0 Å². The van der Waals surface area contributed by atoms with Crippen LogP contribution in [0, 0.1) is 6.92 Å². The Hall–Kier alpha value is -1.62. The zero-order valence-corrected chi connectivity index (χ0v) is 13.8. The van der Waals surface area contributed by atoms with Crippen LogP contribution in [0.5, 0.6) is 0 Å². The van der Waals surface area contributed by atoms with Crippen LogP contribution in [0.1, 0.15) is 44.6 Å². The molecule has 0 saturated heterocycles. The quantitative estimate of drug-likeness (QED) is 0.724. The van der Waals surface area contributed by atoms with Crippen molar-refractivity contribution in [1.29, 1.82) is 0 Å². The summed E-state index contributed by atoms with van der Waals surface area (Å²) in [6, 6.07) is -0.169. The number of nitrogens with zero attached hydrogens (tertiary/aromatic N) is 2. The van der Waals surface area contributed by atoms with Gasteiger partial charge in [-0.25, -0.2) is 0 Å². The van der Waals surface area contributed by atoms with Crippen molar-refractivity contribution in [3.05, 3.63) is 29.6 Å². The van der Waals surface area contributed by atoms with Crippen LogP contribution in [0.25, 0.3) is 0 Å². The summed E-state index contributed by atoms with van der Waals surface area (Å²) >= 11 is 0. The Labute approximate surface area is 133 Å². The van der Waals surface area contributed by atoms with Gasteiger partial charge in [-0.3, -0.25) is 9.48 Å². The molecule has 5 nitrogen and oxygen atoms in total. The highest BCUT2D eigenvalue weighted by Gasteiger charge is 2.11. The third kappa shape index (κ3) is 5.64. The number of hydrogen-bond donors (Lipinski definition) is 2. The topological polar surface area (TPSA) is 59.0 Å². The maximum absolute atomic E-state index is 12.0. The van der Waals surface area contributed by atoms with Gasteiger partial charge in [-0.2, -0.15) is 5.10 Å². The average molecular weight is 304 g/mol. The third-order valence-corrected chi connectivity index (χ3v) is 4.08. The van der Waals surface area contributed by atoms with Crippen molar-refractivity contribution in [3.63, 3.8) is 0 Å². The number of aromatic nitrogens is 2. The minimum absolute atomic E-state index is 0.0769. The number of nitrogens with one attached hydrogen (secondary N) is 2. The van der Waals surface area contributed by atoms with E-state index >= 15 is 0 Å². The molecular weight excluding hydrogens is 276 g/mol. The van der Waals surface area contributed by atoms with Gasteiger partial charge in [-0.15, -0.1) is 0 Å². The molecule has 2 rings (SSSR count). The number of carbonyl (C=O) groups excluding carboxylic acids is 1. The molecular formula is C17H28N4O. The number of allylic oxidation sites excluding steroid dienone is 1. The largest absolute Gasteiger partial charge is 0.354 e. The molecule has 1 heterocycles. The molecule has 0 saturated carbocycles. The highest BCUT2D eigenvalue weighted by molar-refractivity contribution is 5.81. The molecule has 0 aliphatic heterocycles. The van der Waals surface area contributed by atoms with E-state index < -0.39 is 0 Å². The van der Waals surface area contributed by atoms with Crippen LogP contribution < -0.4 is 10.6 Å². The van der Waals surface area contributed by atoms with E-state index in [4.69, 9.17) is 0 Å². The van der Waals surface area contributed by atoms with Crippen molar-refractivity contribution in [3.8, 4) is 0 Å². The van der Waals surface area contributed by atoms with Gasteiger partial charge in [0.25, 0.3) is 0 Å². The summed E-state index contributed by atoms with van der Waals surface area (Å²) in [5.74, 6) is 0.0769. The van der Waals surface area contributed by atoms with Crippen molar-refractivity contribution >= 4 is 5.91 Å². The highest BCUT2D eigenvalue weighted by atomic mass is 16.2.